The Morgan fingerprint density at radius 3 is 2.33 bits per heavy atom. The molecule has 0 aromatic carbocycles. The smallest absolute Gasteiger partial charge is 0.254 e. The fraction of sp³-hybridized carbons (Fsp3) is 1.00. The summed E-state index contributed by atoms with van der Waals surface area (Å²) in [6.07, 6.45) is 0. The largest absolute Gasteiger partial charge is 0.481 e. The zero-order valence-corrected chi connectivity index (χ0v) is 11.4. The van der Waals surface area contributed by atoms with Crippen LogP contribution < -0.4 is 5.09 Å². The van der Waals surface area contributed by atoms with Gasteiger partial charge in [0.25, 0.3) is 6.71 Å². The third-order valence-corrected chi connectivity index (χ3v) is 11.6. The van der Waals surface area contributed by atoms with Gasteiger partial charge in [-0.15, -0.1) is 0 Å². The predicted octanol–water partition coefficient (Wildman–Crippen LogP) is 5.56. The monoisotopic (exact) mass is 305 g/mol. The van der Waals surface area contributed by atoms with Crippen LogP contribution in [0.25, 0.3) is 0 Å². The maximum absolute atomic E-state index is 5.94. The first-order valence-electron chi connectivity index (χ1n) is 2.60. The van der Waals surface area contributed by atoms with Crippen LogP contribution in [-0.4, -0.2) is 7.05 Å². The standard InChI is InChI=1S/CH4Cl4N4P3/c1-6-12(5)8-10(2)7-11(3,4)9-12/h6H,1H3/q+1. The van der Waals surface area contributed by atoms with E-state index in [0.717, 1.165) is 0 Å². The van der Waals surface area contributed by atoms with Crippen LogP contribution in [0.4, 0.5) is 0 Å². The lowest BCUT2D eigenvalue weighted by molar-refractivity contribution is 1.25. The van der Waals surface area contributed by atoms with Crippen molar-refractivity contribution >= 4 is 64.8 Å². The summed E-state index contributed by atoms with van der Waals surface area (Å²) in [6.45, 7) is -2.46. The Morgan fingerprint density at radius 1 is 1.33 bits per heavy atom. The van der Waals surface area contributed by atoms with Crippen LogP contribution in [0.15, 0.2) is 13.5 Å². The van der Waals surface area contributed by atoms with E-state index in [1.165, 1.54) is 0 Å². The lowest BCUT2D eigenvalue weighted by Crippen LogP contribution is -1.94. The van der Waals surface area contributed by atoms with Crippen LogP contribution in [0.5, 0.6) is 0 Å². The Balaban J connectivity index is 3.28. The van der Waals surface area contributed by atoms with Crippen LogP contribution in [0, 0.1) is 0 Å². The van der Waals surface area contributed by atoms with Crippen molar-refractivity contribution in [2.45, 2.75) is 0 Å². The van der Waals surface area contributed by atoms with E-state index in [0.29, 0.717) is 0 Å². The number of hydrogen-bond acceptors (Lipinski definition) is 4. The lowest BCUT2D eigenvalue weighted by Gasteiger charge is -2.09. The van der Waals surface area contributed by atoms with E-state index in [2.05, 4.69) is 18.6 Å². The SMILES string of the molecule is CNP1(Cl)=NP(Cl)(Cl)=N[P+](Cl)=N1. The molecule has 1 heterocycles. The number of rotatable bonds is 1. The number of hydrogen-bond donors (Lipinski definition) is 1. The molecule has 1 aliphatic heterocycles. The molecule has 0 spiro atoms. The van der Waals surface area contributed by atoms with E-state index in [9.17, 15) is 0 Å². The first-order chi connectivity index (χ1) is 5.37. The second-order valence-corrected chi connectivity index (χ2v) is 12.4. The van der Waals surface area contributed by atoms with Gasteiger partial charge in [0.2, 0.25) is 11.2 Å². The second-order valence-electron chi connectivity index (χ2n) is 1.71. The molecule has 0 fully saturated rings. The number of nitrogens with one attached hydrogen (secondary N) is 1. The summed E-state index contributed by atoms with van der Waals surface area (Å²) in [4.78, 5) is 0. The summed E-state index contributed by atoms with van der Waals surface area (Å²) in [6, 6.07) is 0. The first kappa shape index (κ1) is 11.8. The average molecular weight is 307 g/mol. The highest BCUT2D eigenvalue weighted by Gasteiger charge is 2.33. The van der Waals surface area contributed by atoms with Crippen molar-refractivity contribution in [1.29, 1.82) is 0 Å². The Bertz CT molecular complexity index is 327. The number of nitrogens with zero attached hydrogens (tertiary/aromatic N) is 3. The van der Waals surface area contributed by atoms with Crippen LogP contribution in [0.3, 0.4) is 0 Å². The van der Waals surface area contributed by atoms with Gasteiger partial charge in [-0.05, 0) is 40.8 Å². The van der Waals surface area contributed by atoms with Crippen LogP contribution >= 0.6 is 64.8 Å². The van der Waals surface area contributed by atoms with Gasteiger partial charge in [-0.3, -0.25) is 5.09 Å². The maximum Gasteiger partial charge on any atom is 0.481 e. The Labute approximate surface area is 90.3 Å². The highest BCUT2D eigenvalue weighted by Crippen LogP contribution is 2.78. The molecule has 0 aromatic rings. The Hall–Kier alpha value is 1.68. The zero-order valence-electron chi connectivity index (χ0n) is 5.70. The quantitative estimate of drug-likeness (QED) is 0.633. The van der Waals surface area contributed by atoms with Crippen molar-refractivity contribution in [3.63, 3.8) is 0 Å². The normalized spacial score (nSPS) is 36.2. The Kier molecular flexibility index (Phi) is 3.96. The molecule has 11 heteroatoms. The average Bonchev–Trinajstić information content (AvgIpc) is 1.82. The van der Waals surface area contributed by atoms with Crippen LogP contribution in [0.2, 0.25) is 0 Å². The topological polar surface area (TPSA) is 49.1 Å². The summed E-state index contributed by atoms with van der Waals surface area (Å²) >= 11 is 23.1. The summed E-state index contributed by atoms with van der Waals surface area (Å²) < 4.78 is 11.7. The minimum Gasteiger partial charge on any atom is -0.254 e. The van der Waals surface area contributed by atoms with Crippen LogP contribution in [0.1, 0.15) is 0 Å². The summed E-state index contributed by atoms with van der Waals surface area (Å²) in [7, 11) is 0.227. The van der Waals surface area contributed by atoms with Gasteiger partial charge in [0.1, 0.15) is 0 Å². The molecule has 0 amide bonds. The van der Waals surface area contributed by atoms with Crippen molar-refractivity contribution in [3.05, 3.63) is 0 Å². The predicted molar refractivity (Wildman–Crippen MR) is 60.5 cm³/mol. The molecular weight excluding hydrogens is 303 g/mol. The van der Waals surface area contributed by atoms with Crippen molar-refractivity contribution in [1.82, 2.24) is 5.09 Å². The van der Waals surface area contributed by atoms with Gasteiger partial charge in [-0.25, -0.2) is 0 Å². The molecule has 1 rings (SSSR count). The fourth-order valence-corrected chi connectivity index (χ4v) is 12.9. The van der Waals surface area contributed by atoms with Gasteiger partial charge < -0.3 is 0 Å². The van der Waals surface area contributed by atoms with Gasteiger partial charge in [-0.2, -0.15) is 4.52 Å². The Morgan fingerprint density at radius 2 is 1.92 bits per heavy atom. The highest BCUT2D eigenvalue weighted by molar-refractivity contribution is 8.16. The van der Waals surface area contributed by atoms with Crippen molar-refractivity contribution < 1.29 is 0 Å². The minimum absolute atomic E-state index is 1.40. The molecule has 1 N–H and O–H groups in total. The van der Waals surface area contributed by atoms with Gasteiger partial charge in [0, 0.05) is 9.03 Å². The molecule has 12 heavy (non-hydrogen) atoms. The van der Waals surface area contributed by atoms with Gasteiger partial charge >= 0.3 is 13.1 Å². The zero-order chi connectivity index (χ0) is 9.41. The molecule has 0 aliphatic carbocycles. The molecule has 0 saturated carbocycles. The molecule has 1 aliphatic rings. The molecule has 0 bridgehead atoms. The lowest BCUT2D eigenvalue weighted by atomic mass is 11.6. The van der Waals surface area contributed by atoms with Crippen molar-refractivity contribution in [3.8, 4) is 0 Å². The van der Waals surface area contributed by atoms with E-state index in [1.807, 2.05) is 0 Å². The third-order valence-electron chi connectivity index (χ3n) is 0.884. The maximum atomic E-state index is 5.94. The minimum atomic E-state index is -2.68. The van der Waals surface area contributed by atoms with E-state index in [4.69, 9.17) is 45.0 Å². The molecule has 0 aromatic heterocycles. The summed E-state index contributed by atoms with van der Waals surface area (Å²) in [5.41, 5.74) is 0. The molecule has 0 saturated heterocycles. The molecule has 70 valence electrons. The highest BCUT2D eigenvalue weighted by atomic mass is 35.9. The fourth-order valence-electron chi connectivity index (χ4n) is 0.472. The third kappa shape index (κ3) is 3.12. The van der Waals surface area contributed by atoms with Crippen molar-refractivity contribution in [2.75, 3.05) is 7.05 Å². The summed E-state index contributed by atoms with van der Waals surface area (Å²) in [5, 5.41) is 2.74. The van der Waals surface area contributed by atoms with E-state index in [-0.39, 0.29) is 0 Å². The molecule has 0 radical (unpaired) electrons. The van der Waals surface area contributed by atoms with Crippen molar-refractivity contribution in [2.24, 2.45) is 13.5 Å². The second kappa shape index (κ2) is 4.04. The number of halogens is 4. The molecule has 2 atom stereocenters. The van der Waals surface area contributed by atoms with Gasteiger partial charge in [0.15, 0.2) is 0 Å². The first-order valence-corrected chi connectivity index (χ1v) is 10.9. The van der Waals surface area contributed by atoms with E-state index >= 15 is 0 Å². The molecular formula is CH4Cl4N4P3+. The summed E-state index contributed by atoms with van der Waals surface area (Å²) in [5.74, 6) is -2.68. The van der Waals surface area contributed by atoms with Crippen LogP contribution in [-0.2, 0) is 0 Å². The van der Waals surface area contributed by atoms with Gasteiger partial charge in [0.05, 0.1) is 0 Å². The van der Waals surface area contributed by atoms with E-state index in [1.54, 1.807) is 7.05 Å². The van der Waals surface area contributed by atoms with E-state index < -0.39 is 19.8 Å². The molecule has 4 nitrogen and oxygen atoms in total. The molecule has 2 unspecified atom stereocenters. The van der Waals surface area contributed by atoms with Gasteiger partial charge in [-0.1, -0.05) is 0 Å².